The van der Waals surface area contributed by atoms with Crippen molar-refractivity contribution in [2.24, 2.45) is 0 Å². The fraction of sp³-hybridized carbons (Fsp3) is 0.294. The van der Waals surface area contributed by atoms with Gasteiger partial charge in [-0.25, -0.2) is 9.59 Å². The number of nitrogens with zero attached hydrogens (tertiary/aromatic N) is 1. The highest BCUT2D eigenvalue weighted by atomic mass is 16.6. The van der Waals surface area contributed by atoms with Crippen molar-refractivity contribution in [3.05, 3.63) is 63.0 Å². The lowest BCUT2D eigenvalue weighted by molar-refractivity contribution is -0.384. The molecule has 1 heterocycles. The number of esters is 2. The number of benzene rings is 1. The summed E-state index contributed by atoms with van der Waals surface area (Å²) in [5.74, 6) is -1.91. The number of dihydropyridines is 1. The molecule has 1 aliphatic rings. The fourth-order valence-corrected chi connectivity index (χ4v) is 2.63. The van der Waals surface area contributed by atoms with Crippen LogP contribution in [0.4, 0.5) is 5.69 Å². The van der Waals surface area contributed by atoms with E-state index in [9.17, 15) is 19.7 Å². The van der Waals surface area contributed by atoms with Crippen LogP contribution in [0.2, 0.25) is 0 Å². The summed E-state index contributed by atoms with van der Waals surface area (Å²) in [6.07, 6.45) is 1.48. The van der Waals surface area contributed by atoms with Gasteiger partial charge in [-0.3, -0.25) is 10.1 Å². The lowest BCUT2D eigenvalue weighted by Crippen LogP contribution is -2.29. The van der Waals surface area contributed by atoms with Gasteiger partial charge in [-0.2, -0.15) is 0 Å². The van der Waals surface area contributed by atoms with Crippen LogP contribution in [0.15, 0.2) is 47.3 Å². The molecule has 0 bridgehead atoms. The second-order valence-corrected chi connectivity index (χ2v) is 5.28. The number of hydrogen-bond donors (Lipinski definition) is 1. The molecule has 1 unspecified atom stereocenters. The molecular formula is C17H18N2O6. The van der Waals surface area contributed by atoms with E-state index in [2.05, 4.69) is 5.32 Å². The maximum absolute atomic E-state index is 12.3. The Balaban J connectivity index is 2.54. The molecule has 0 spiro atoms. The van der Waals surface area contributed by atoms with Crippen LogP contribution in [0.3, 0.4) is 0 Å². The number of methoxy groups -OCH3 is 1. The summed E-state index contributed by atoms with van der Waals surface area (Å²) in [6, 6.07) is 5.67. The summed E-state index contributed by atoms with van der Waals surface area (Å²) < 4.78 is 9.90. The molecule has 132 valence electrons. The van der Waals surface area contributed by atoms with Crippen molar-refractivity contribution in [3.8, 4) is 0 Å². The van der Waals surface area contributed by atoms with E-state index in [1.165, 1.54) is 37.6 Å². The topological polar surface area (TPSA) is 108 Å². The monoisotopic (exact) mass is 346 g/mol. The van der Waals surface area contributed by atoms with E-state index in [0.29, 0.717) is 11.3 Å². The first-order chi connectivity index (χ1) is 11.9. The molecule has 25 heavy (non-hydrogen) atoms. The SMILES string of the molecule is CCOC(=O)C1=CNC(C)=C(C(=O)OC)C1c1ccc([N+](=O)[O-])cc1. The zero-order valence-corrected chi connectivity index (χ0v) is 14.1. The Morgan fingerprint density at radius 1 is 1.24 bits per heavy atom. The van der Waals surface area contributed by atoms with Gasteiger partial charge in [0.15, 0.2) is 0 Å². The molecule has 1 aliphatic heterocycles. The van der Waals surface area contributed by atoms with E-state index in [1.54, 1.807) is 13.8 Å². The summed E-state index contributed by atoms with van der Waals surface area (Å²) in [6.45, 7) is 3.54. The highest BCUT2D eigenvalue weighted by molar-refractivity contribution is 5.99. The third-order valence-electron chi connectivity index (χ3n) is 3.80. The molecule has 0 saturated heterocycles. The van der Waals surface area contributed by atoms with Gasteiger partial charge in [0.05, 0.1) is 35.7 Å². The number of rotatable bonds is 5. The summed E-state index contributed by atoms with van der Waals surface area (Å²) in [4.78, 5) is 34.9. The van der Waals surface area contributed by atoms with Crippen molar-refractivity contribution in [2.45, 2.75) is 19.8 Å². The number of allylic oxidation sites excluding steroid dienone is 1. The predicted molar refractivity (Wildman–Crippen MR) is 88.4 cm³/mol. The summed E-state index contributed by atoms with van der Waals surface area (Å²) in [5.41, 5.74) is 1.47. The molecule has 2 rings (SSSR count). The fourth-order valence-electron chi connectivity index (χ4n) is 2.63. The van der Waals surface area contributed by atoms with E-state index in [4.69, 9.17) is 9.47 Å². The van der Waals surface area contributed by atoms with Gasteiger partial charge in [-0.15, -0.1) is 0 Å². The molecule has 0 aliphatic carbocycles. The van der Waals surface area contributed by atoms with Gasteiger partial charge in [0, 0.05) is 24.0 Å². The van der Waals surface area contributed by atoms with E-state index in [-0.39, 0.29) is 23.4 Å². The van der Waals surface area contributed by atoms with Crippen LogP contribution >= 0.6 is 0 Å². The third-order valence-corrected chi connectivity index (χ3v) is 3.80. The Kier molecular flexibility index (Phi) is 5.53. The minimum absolute atomic E-state index is 0.0836. The number of ether oxygens (including phenoxy) is 2. The lowest BCUT2D eigenvalue weighted by atomic mass is 9.82. The molecule has 0 saturated carbocycles. The molecular weight excluding hydrogens is 328 g/mol. The van der Waals surface area contributed by atoms with Gasteiger partial charge in [0.2, 0.25) is 0 Å². The smallest absolute Gasteiger partial charge is 0.336 e. The molecule has 0 aromatic heterocycles. The van der Waals surface area contributed by atoms with Crippen LogP contribution in [0.5, 0.6) is 0 Å². The number of nitro groups is 1. The number of nitro benzene ring substituents is 1. The molecule has 8 nitrogen and oxygen atoms in total. The lowest BCUT2D eigenvalue weighted by Gasteiger charge is -2.27. The minimum atomic E-state index is -0.742. The Hall–Kier alpha value is -3.16. The molecule has 0 radical (unpaired) electrons. The predicted octanol–water partition coefficient (Wildman–Crippen LogP) is 2.18. The van der Waals surface area contributed by atoms with Crippen LogP contribution in [-0.4, -0.2) is 30.6 Å². The third kappa shape index (κ3) is 3.68. The minimum Gasteiger partial charge on any atom is -0.466 e. The van der Waals surface area contributed by atoms with Crippen LogP contribution in [0.25, 0.3) is 0 Å². The number of carbonyl (C=O) groups excluding carboxylic acids is 2. The van der Waals surface area contributed by atoms with Gasteiger partial charge in [-0.05, 0) is 19.4 Å². The highest BCUT2D eigenvalue weighted by Gasteiger charge is 2.35. The van der Waals surface area contributed by atoms with Crippen molar-refractivity contribution in [3.63, 3.8) is 0 Å². The van der Waals surface area contributed by atoms with Crippen molar-refractivity contribution in [2.75, 3.05) is 13.7 Å². The quantitative estimate of drug-likeness (QED) is 0.494. The van der Waals surface area contributed by atoms with E-state index in [0.717, 1.165) is 0 Å². The van der Waals surface area contributed by atoms with Crippen molar-refractivity contribution in [1.82, 2.24) is 5.32 Å². The first kappa shape index (κ1) is 18.2. The van der Waals surface area contributed by atoms with Crippen LogP contribution in [0, 0.1) is 10.1 Å². The average molecular weight is 346 g/mol. The number of carbonyl (C=O) groups is 2. The molecule has 1 atom stereocenters. The highest BCUT2D eigenvalue weighted by Crippen LogP contribution is 2.37. The zero-order valence-electron chi connectivity index (χ0n) is 14.1. The van der Waals surface area contributed by atoms with Crippen molar-refractivity contribution in [1.29, 1.82) is 0 Å². The van der Waals surface area contributed by atoms with Gasteiger partial charge in [-0.1, -0.05) is 12.1 Å². The Bertz CT molecular complexity index is 764. The molecule has 1 aromatic rings. The average Bonchev–Trinajstić information content (AvgIpc) is 2.61. The maximum Gasteiger partial charge on any atom is 0.336 e. The number of hydrogen-bond acceptors (Lipinski definition) is 7. The van der Waals surface area contributed by atoms with Gasteiger partial charge in [0.1, 0.15) is 0 Å². The van der Waals surface area contributed by atoms with Crippen LogP contribution < -0.4 is 5.32 Å². The van der Waals surface area contributed by atoms with Gasteiger partial charge >= 0.3 is 11.9 Å². The van der Waals surface area contributed by atoms with E-state index >= 15 is 0 Å². The zero-order chi connectivity index (χ0) is 18.6. The second kappa shape index (κ2) is 7.61. The molecule has 8 heteroatoms. The second-order valence-electron chi connectivity index (χ2n) is 5.28. The van der Waals surface area contributed by atoms with Crippen LogP contribution in [0.1, 0.15) is 25.3 Å². The summed E-state index contributed by atoms with van der Waals surface area (Å²) in [7, 11) is 1.25. The molecule has 1 N–H and O–H groups in total. The Morgan fingerprint density at radius 3 is 2.40 bits per heavy atom. The molecule has 1 aromatic carbocycles. The standard InChI is InChI=1S/C17H18N2O6/c1-4-25-16(20)13-9-18-10(2)14(17(21)24-3)15(13)11-5-7-12(8-6-11)19(22)23/h5-9,15,18H,4H2,1-3H3. The number of nitrogens with one attached hydrogen (secondary N) is 1. The Labute approximate surface area is 144 Å². The normalized spacial score (nSPS) is 16.6. The van der Waals surface area contributed by atoms with Crippen molar-refractivity contribution < 1.29 is 24.0 Å². The van der Waals surface area contributed by atoms with E-state index < -0.39 is 22.8 Å². The maximum atomic E-state index is 12.3. The van der Waals surface area contributed by atoms with Gasteiger partial charge < -0.3 is 14.8 Å². The molecule has 0 amide bonds. The first-order valence-corrected chi connectivity index (χ1v) is 7.57. The molecule has 0 fully saturated rings. The number of non-ortho nitro benzene ring substituents is 1. The van der Waals surface area contributed by atoms with Crippen LogP contribution in [-0.2, 0) is 19.1 Å². The van der Waals surface area contributed by atoms with Crippen molar-refractivity contribution >= 4 is 17.6 Å². The summed E-state index contributed by atoms with van der Waals surface area (Å²) in [5, 5.41) is 13.7. The largest absolute Gasteiger partial charge is 0.466 e. The van der Waals surface area contributed by atoms with Gasteiger partial charge in [0.25, 0.3) is 5.69 Å². The van der Waals surface area contributed by atoms with E-state index in [1.807, 2.05) is 0 Å². The summed E-state index contributed by atoms with van der Waals surface area (Å²) >= 11 is 0. The first-order valence-electron chi connectivity index (χ1n) is 7.57. The Morgan fingerprint density at radius 2 is 1.88 bits per heavy atom.